The first-order valence-electron chi connectivity index (χ1n) is 9.74. The van der Waals surface area contributed by atoms with Crippen molar-refractivity contribution in [2.24, 2.45) is 5.92 Å². The first-order valence-corrected chi connectivity index (χ1v) is 11.2. The van der Waals surface area contributed by atoms with Crippen molar-refractivity contribution >= 4 is 27.7 Å². The van der Waals surface area contributed by atoms with Crippen molar-refractivity contribution < 1.29 is 27.3 Å². The Kier molecular flexibility index (Phi) is 6.27. The average Bonchev–Trinajstić information content (AvgIpc) is 3.16. The highest BCUT2D eigenvalue weighted by Gasteiger charge is 2.36. The number of carbonyl (C=O) groups excluding carboxylic acids is 3. The molecule has 2 heterocycles. The van der Waals surface area contributed by atoms with Crippen LogP contribution < -0.4 is 10.0 Å². The van der Waals surface area contributed by atoms with Crippen LogP contribution in [-0.2, 0) is 10.0 Å². The van der Waals surface area contributed by atoms with E-state index in [9.17, 15) is 22.8 Å². The number of nitrogens with zero attached hydrogens (tertiary/aromatic N) is 2. The molecule has 0 aliphatic carbocycles. The number of imide groups is 1. The molecule has 166 valence electrons. The summed E-state index contributed by atoms with van der Waals surface area (Å²) in [6.07, 6.45) is 0. The van der Waals surface area contributed by atoms with Crippen LogP contribution in [0.4, 0.5) is 0 Å². The number of nitrogens with one attached hydrogen (secondary N) is 2. The van der Waals surface area contributed by atoms with Gasteiger partial charge in [0.05, 0.1) is 11.1 Å². The Morgan fingerprint density at radius 3 is 2.42 bits per heavy atom. The van der Waals surface area contributed by atoms with Crippen LogP contribution >= 0.6 is 0 Å². The maximum absolute atomic E-state index is 12.5. The number of aryl methyl sites for hydroxylation is 2. The highest BCUT2D eigenvalue weighted by atomic mass is 32.2. The molecule has 11 heteroatoms. The molecule has 2 aromatic rings. The van der Waals surface area contributed by atoms with E-state index < -0.39 is 21.8 Å². The third kappa shape index (κ3) is 4.52. The zero-order valence-electron chi connectivity index (χ0n) is 17.7. The monoisotopic (exact) mass is 448 g/mol. The van der Waals surface area contributed by atoms with E-state index in [-0.39, 0.29) is 58.0 Å². The van der Waals surface area contributed by atoms with Gasteiger partial charge in [0.25, 0.3) is 17.7 Å². The third-order valence-corrected chi connectivity index (χ3v) is 6.42. The molecule has 0 bridgehead atoms. The van der Waals surface area contributed by atoms with E-state index in [0.717, 1.165) is 0 Å². The highest BCUT2D eigenvalue weighted by Crippen LogP contribution is 2.25. The summed E-state index contributed by atoms with van der Waals surface area (Å²) in [5, 5.41) is 6.21. The molecule has 3 amide bonds. The smallest absolute Gasteiger partial charge is 0.261 e. The number of fused-ring (bicyclic) bond motifs is 1. The number of amides is 3. The van der Waals surface area contributed by atoms with E-state index in [1.54, 1.807) is 0 Å². The van der Waals surface area contributed by atoms with Crippen LogP contribution in [0.5, 0.6) is 0 Å². The fourth-order valence-electron chi connectivity index (χ4n) is 3.36. The molecule has 0 spiro atoms. The molecule has 1 aliphatic rings. The summed E-state index contributed by atoms with van der Waals surface area (Å²) >= 11 is 0. The second-order valence-corrected chi connectivity index (χ2v) is 9.39. The summed E-state index contributed by atoms with van der Waals surface area (Å²) in [6, 6.07) is 4.32. The van der Waals surface area contributed by atoms with Crippen molar-refractivity contribution in [1.29, 1.82) is 0 Å². The molecule has 1 aliphatic heterocycles. The van der Waals surface area contributed by atoms with E-state index in [4.69, 9.17) is 4.52 Å². The molecule has 2 N–H and O–H groups in total. The first kappa shape index (κ1) is 22.6. The van der Waals surface area contributed by atoms with Gasteiger partial charge in [0.2, 0.25) is 10.0 Å². The van der Waals surface area contributed by atoms with Crippen molar-refractivity contribution in [3.05, 3.63) is 46.3 Å². The van der Waals surface area contributed by atoms with Crippen molar-refractivity contribution in [3.63, 3.8) is 0 Å². The maximum Gasteiger partial charge on any atom is 0.261 e. The topological polar surface area (TPSA) is 139 Å². The van der Waals surface area contributed by atoms with Crippen LogP contribution in [-0.4, -0.2) is 55.8 Å². The van der Waals surface area contributed by atoms with E-state index >= 15 is 0 Å². The standard InChI is InChI=1S/C20H24N4O6S/c1-11(2)10-24-19(26)15-6-5-14(9-16(15)20(24)27)18(25)21-7-8-22-31(28,29)17-12(3)23-30-13(17)4/h5-6,9,11,22H,7-8,10H2,1-4H3,(H,21,25). The normalized spacial score (nSPS) is 13.8. The Morgan fingerprint density at radius 1 is 1.13 bits per heavy atom. The van der Waals surface area contributed by atoms with Crippen molar-refractivity contribution in [2.45, 2.75) is 32.6 Å². The van der Waals surface area contributed by atoms with Gasteiger partial charge in [0.15, 0.2) is 5.76 Å². The van der Waals surface area contributed by atoms with Gasteiger partial charge in [-0.1, -0.05) is 19.0 Å². The van der Waals surface area contributed by atoms with Gasteiger partial charge in [0.1, 0.15) is 10.6 Å². The van der Waals surface area contributed by atoms with E-state index in [1.807, 2.05) is 13.8 Å². The summed E-state index contributed by atoms with van der Waals surface area (Å²) in [4.78, 5) is 38.5. The number of carbonyl (C=O) groups is 3. The number of aromatic nitrogens is 1. The molecule has 3 rings (SSSR count). The molecular formula is C20H24N4O6S. The van der Waals surface area contributed by atoms with Gasteiger partial charge in [-0.2, -0.15) is 0 Å². The fraction of sp³-hybridized carbons (Fsp3) is 0.400. The largest absolute Gasteiger partial charge is 0.360 e. The average molecular weight is 449 g/mol. The first-order chi connectivity index (χ1) is 14.5. The molecule has 0 fully saturated rings. The Balaban J connectivity index is 1.61. The van der Waals surface area contributed by atoms with Gasteiger partial charge in [0, 0.05) is 25.2 Å². The van der Waals surface area contributed by atoms with Crippen molar-refractivity contribution in [3.8, 4) is 0 Å². The summed E-state index contributed by atoms with van der Waals surface area (Å²) < 4.78 is 32.0. The summed E-state index contributed by atoms with van der Waals surface area (Å²) in [5.41, 5.74) is 0.921. The molecule has 31 heavy (non-hydrogen) atoms. The lowest BCUT2D eigenvalue weighted by atomic mass is 10.1. The Morgan fingerprint density at radius 2 is 1.81 bits per heavy atom. The van der Waals surface area contributed by atoms with Gasteiger partial charge in [-0.25, -0.2) is 13.1 Å². The van der Waals surface area contributed by atoms with Gasteiger partial charge in [-0.05, 0) is 38.0 Å². The predicted molar refractivity (Wildman–Crippen MR) is 110 cm³/mol. The van der Waals surface area contributed by atoms with Crippen molar-refractivity contribution in [2.75, 3.05) is 19.6 Å². The fourth-order valence-corrected chi connectivity index (χ4v) is 4.71. The minimum atomic E-state index is -3.82. The van der Waals surface area contributed by atoms with Gasteiger partial charge < -0.3 is 9.84 Å². The van der Waals surface area contributed by atoms with Crippen LogP contribution in [0, 0.1) is 19.8 Å². The Labute approximate surface area is 180 Å². The van der Waals surface area contributed by atoms with Crippen LogP contribution in [0.2, 0.25) is 0 Å². The molecule has 10 nitrogen and oxygen atoms in total. The lowest BCUT2D eigenvalue weighted by Gasteiger charge is -2.15. The van der Waals surface area contributed by atoms with Crippen LogP contribution in [0.15, 0.2) is 27.6 Å². The highest BCUT2D eigenvalue weighted by molar-refractivity contribution is 7.89. The molecule has 0 saturated heterocycles. The summed E-state index contributed by atoms with van der Waals surface area (Å²) in [6.45, 7) is 7.10. The van der Waals surface area contributed by atoms with Gasteiger partial charge >= 0.3 is 0 Å². The quantitative estimate of drug-likeness (QED) is 0.458. The molecule has 1 aromatic carbocycles. The maximum atomic E-state index is 12.5. The predicted octanol–water partition coefficient (Wildman–Crippen LogP) is 1.25. The van der Waals surface area contributed by atoms with Crippen LogP contribution in [0.3, 0.4) is 0 Å². The lowest BCUT2D eigenvalue weighted by Crippen LogP contribution is -2.35. The number of benzene rings is 1. The van der Waals surface area contributed by atoms with E-state index in [0.29, 0.717) is 6.54 Å². The zero-order valence-corrected chi connectivity index (χ0v) is 18.5. The minimum Gasteiger partial charge on any atom is -0.360 e. The Hall–Kier alpha value is -3.05. The molecular weight excluding hydrogens is 424 g/mol. The molecule has 1 aromatic heterocycles. The van der Waals surface area contributed by atoms with Gasteiger partial charge in [-0.3, -0.25) is 19.3 Å². The number of hydrogen-bond acceptors (Lipinski definition) is 7. The summed E-state index contributed by atoms with van der Waals surface area (Å²) in [7, 11) is -3.82. The SMILES string of the molecule is Cc1noc(C)c1S(=O)(=O)NCCNC(=O)c1ccc2c(c1)C(=O)N(CC(C)C)C2=O. The second-order valence-electron chi connectivity index (χ2n) is 7.68. The number of sulfonamides is 1. The number of rotatable bonds is 8. The van der Waals surface area contributed by atoms with Crippen LogP contribution in [0.1, 0.15) is 56.4 Å². The number of hydrogen-bond donors (Lipinski definition) is 2. The third-order valence-electron chi connectivity index (χ3n) is 4.72. The Bertz CT molecular complexity index is 1130. The molecule has 0 atom stereocenters. The van der Waals surface area contributed by atoms with Gasteiger partial charge in [-0.15, -0.1) is 0 Å². The molecule has 0 unspecified atom stereocenters. The van der Waals surface area contributed by atoms with Crippen molar-refractivity contribution in [1.82, 2.24) is 20.1 Å². The zero-order chi connectivity index (χ0) is 22.9. The minimum absolute atomic E-state index is 0.0187. The summed E-state index contributed by atoms with van der Waals surface area (Å²) in [5.74, 6) is -0.969. The lowest BCUT2D eigenvalue weighted by molar-refractivity contribution is 0.0636. The molecule has 0 saturated carbocycles. The molecule has 0 radical (unpaired) electrons. The van der Waals surface area contributed by atoms with E-state index in [1.165, 1.54) is 36.9 Å². The van der Waals surface area contributed by atoms with E-state index in [2.05, 4.69) is 15.2 Å². The second kappa shape index (κ2) is 8.60. The van der Waals surface area contributed by atoms with Crippen LogP contribution in [0.25, 0.3) is 0 Å².